The van der Waals surface area contributed by atoms with E-state index in [4.69, 9.17) is 11.6 Å². The maximum Gasteiger partial charge on any atom is 0.534 e. The maximum atomic E-state index is 12.1. The zero-order valence-electron chi connectivity index (χ0n) is 8.79. The van der Waals surface area contributed by atoms with E-state index in [1.165, 1.54) is 13.0 Å². The molecule has 0 unspecified atom stereocenters. The molecule has 1 aromatic carbocycles. The minimum absolute atomic E-state index is 0.114. The van der Waals surface area contributed by atoms with Gasteiger partial charge in [0.1, 0.15) is 0 Å². The van der Waals surface area contributed by atoms with Gasteiger partial charge < -0.3 is 4.18 Å². The fourth-order valence-corrected chi connectivity index (χ4v) is 1.85. The van der Waals surface area contributed by atoms with Crippen LogP contribution in [-0.4, -0.2) is 20.2 Å². The van der Waals surface area contributed by atoms with Crippen LogP contribution in [0.25, 0.3) is 0 Å². The number of aldehydes is 1. The fraction of sp³-hybridized carbons (Fsp3) is 0.222. The average molecular weight is 303 g/mol. The van der Waals surface area contributed by atoms with Gasteiger partial charge in [-0.15, -0.1) is 0 Å². The molecule has 0 aliphatic heterocycles. The van der Waals surface area contributed by atoms with Crippen LogP contribution in [0.2, 0.25) is 5.02 Å². The lowest BCUT2D eigenvalue weighted by Gasteiger charge is -2.12. The molecule has 4 nitrogen and oxygen atoms in total. The first kappa shape index (κ1) is 14.8. The molecule has 100 valence electrons. The molecule has 18 heavy (non-hydrogen) atoms. The van der Waals surface area contributed by atoms with Crippen molar-refractivity contribution >= 4 is 28.0 Å². The second-order valence-electron chi connectivity index (χ2n) is 3.26. The number of rotatable bonds is 3. The van der Waals surface area contributed by atoms with E-state index in [1.807, 2.05) is 0 Å². The molecule has 0 N–H and O–H groups in total. The molecule has 0 amide bonds. The summed E-state index contributed by atoms with van der Waals surface area (Å²) in [5.41, 5.74) is -5.70. The van der Waals surface area contributed by atoms with Gasteiger partial charge in [0.05, 0.1) is 10.6 Å². The third-order valence-corrected chi connectivity index (χ3v) is 3.12. The molecule has 0 aliphatic rings. The van der Waals surface area contributed by atoms with Gasteiger partial charge >= 0.3 is 15.6 Å². The highest BCUT2D eigenvalue weighted by Gasteiger charge is 2.48. The lowest BCUT2D eigenvalue weighted by molar-refractivity contribution is -0.0500. The van der Waals surface area contributed by atoms with E-state index in [9.17, 15) is 26.4 Å². The topological polar surface area (TPSA) is 60.4 Å². The molecule has 1 rings (SSSR count). The van der Waals surface area contributed by atoms with Gasteiger partial charge in [-0.3, -0.25) is 4.79 Å². The first-order valence-electron chi connectivity index (χ1n) is 4.34. The third-order valence-electron chi connectivity index (χ3n) is 1.84. The van der Waals surface area contributed by atoms with Crippen molar-refractivity contribution in [1.82, 2.24) is 0 Å². The highest BCUT2D eigenvalue weighted by molar-refractivity contribution is 7.88. The molecule has 0 bridgehead atoms. The van der Waals surface area contributed by atoms with Crippen LogP contribution in [-0.2, 0) is 10.1 Å². The Morgan fingerprint density at radius 2 is 1.89 bits per heavy atom. The van der Waals surface area contributed by atoms with Crippen LogP contribution in [0.15, 0.2) is 12.1 Å². The van der Waals surface area contributed by atoms with Gasteiger partial charge in [-0.05, 0) is 24.6 Å². The van der Waals surface area contributed by atoms with Crippen LogP contribution < -0.4 is 4.18 Å². The fourth-order valence-electron chi connectivity index (χ4n) is 1.07. The van der Waals surface area contributed by atoms with Gasteiger partial charge in [-0.1, -0.05) is 11.6 Å². The van der Waals surface area contributed by atoms with E-state index in [0.717, 1.165) is 6.07 Å². The van der Waals surface area contributed by atoms with Gasteiger partial charge in [-0.25, -0.2) is 0 Å². The number of hydrogen-bond donors (Lipinski definition) is 0. The maximum absolute atomic E-state index is 12.1. The molecular weight excluding hydrogens is 297 g/mol. The van der Waals surface area contributed by atoms with Gasteiger partial charge in [0, 0.05) is 0 Å². The number of alkyl halides is 3. The highest BCUT2D eigenvalue weighted by Crippen LogP contribution is 2.32. The molecule has 1 aromatic rings. The smallest absolute Gasteiger partial charge is 0.375 e. The van der Waals surface area contributed by atoms with E-state index in [-0.39, 0.29) is 11.3 Å². The predicted molar refractivity (Wildman–Crippen MR) is 57.2 cm³/mol. The molecule has 0 saturated heterocycles. The first-order chi connectivity index (χ1) is 8.08. The van der Waals surface area contributed by atoms with Crippen molar-refractivity contribution in [1.29, 1.82) is 0 Å². The Morgan fingerprint density at radius 3 is 2.33 bits per heavy atom. The van der Waals surface area contributed by atoms with Crippen molar-refractivity contribution in [3.63, 3.8) is 0 Å². The Kier molecular flexibility index (Phi) is 3.92. The van der Waals surface area contributed by atoms with E-state index < -0.39 is 26.9 Å². The van der Waals surface area contributed by atoms with Crippen LogP contribution in [0.3, 0.4) is 0 Å². The van der Waals surface area contributed by atoms with E-state index >= 15 is 0 Å². The van der Waals surface area contributed by atoms with Crippen molar-refractivity contribution in [2.75, 3.05) is 0 Å². The Balaban J connectivity index is 3.32. The lowest BCUT2D eigenvalue weighted by Crippen LogP contribution is -2.28. The molecule has 0 aromatic heterocycles. The van der Waals surface area contributed by atoms with Crippen molar-refractivity contribution in [3.05, 3.63) is 28.3 Å². The number of hydrogen-bond acceptors (Lipinski definition) is 4. The van der Waals surface area contributed by atoms with Crippen LogP contribution >= 0.6 is 11.6 Å². The van der Waals surface area contributed by atoms with Gasteiger partial charge in [-0.2, -0.15) is 21.6 Å². The van der Waals surface area contributed by atoms with Crippen molar-refractivity contribution in [2.45, 2.75) is 12.4 Å². The second kappa shape index (κ2) is 4.77. The largest absolute Gasteiger partial charge is 0.534 e. The van der Waals surface area contributed by atoms with E-state index in [1.54, 1.807) is 0 Å². The van der Waals surface area contributed by atoms with Crippen LogP contribution in [0.5, 0.6) is 5.75 Å². The molecule has 0 atom stereocenters. The number of aryl methyl sites for hydroxylation is 1. The monoisotopic (exact) mass is 302 g/mol. The standard InChI is InChI=1S/C9H6ClF3O4S/c1-5-2-7(10)6(4-14)8(3-5)17-18(15,16)9(11,12)13/h2-4H,1H3. The molecule has 9 heteroatoms. The quantitative estimate of drug-likeness (QED) is 0.489. The van der Waals surface area contributed by atoms with Gasteiger partial charge in [0.25, 0.3) is 0 Å². The van der Waals surface area contributed by atoms with Crippen LogP contribution in [0.4, 0.5) is 13.2 Å². The zero-order valence-corrected chi connectivity index (χ0v) is 10.4. The minimum atomic E-state index is -5.83. The Hall–Kier alpha value is -1.28. The van der Waals surface area contributed by atoms with Crippen molar-refractivity contribution in [3.8, 4) is 5.75 Å². The molecule has 0 radical (unpaired) electrons. The third kappa shape index (κ3) is 2.94. The normalized spacial score (nSPS) is 12.3. The van der Waals surface area contributed by atoms with Gasteiger partial charge in [0.2, 0.25) is 0 Å². The molecule has 0 spiro atoms. The van der Waals surface area contributed by atoms with Gasteiger partial charge in [0.15, 0.2) is 12.0 Å². The summed E-state index contributed by atoms with van der Waals surface area (Å²) in [6, 6.07) is 2.26. The molecular formula is C9H6ClF3O4S. The number of carbonyl (C=O) groups is 1. The first-order valence-corrected chi connectivity index (χ1v) is 6.13. The Morgan fingerprint density at radius 1 is 1.33 bits per heavy atom. The number of carbonyl (C=O) groups excluding carboxylic acids is 1. The summed E-state index contributed by atoms with van der Waals surface area (Å²) in [6.07, 6.45) is 0.114. The zero-order chi connectivity index (χ0) is 14.1. The molecule has 0 aliphatic carbocycles. The predicted octanol–water partition coefficient (Wildman–Crippen LogP) is 2.69. The summed E-state index contributed by atoms with van der Waals surface area (Å²) >= 11 is 5.59. The summed E-state index contributed by atoms with van der Waals surface area (Å²) in [5, 5.41) is -0.197. The summed E-state index contributed by atoms with van der Waals surface area (Å²) in [5.74, 6) is -0.757. The molecule has 0 fully saturated rings. The second-order valence-corrected chi connectivity index (χ2v) is 5.20. The number of benzene rings is 1. The summed E-state index contributed by atoms with van der Waals surface area (Å²) in [4.78, 5) is 10.7. The van der Waals surface area contributed by atoms with Crippen LogP contribution in [0, 0.1) is 6.92 Å². The minimum Gasteiger partial charge on any atom is -0.375 e. The van der Waals surface area contributed by atoms with Crippen molar-refractivity contribution < 1.29 is 30.6 Å². The van der Waals surface area contributed by atoms with Crippen molar-refractivity contribution in [2.24, 2.45) is 0 Å². The Bertz CT molecular complexity index is 580. The molecule has 0 saturated carbocycles. The SMILES string of the molecule is Cc1cc(Cl)c(C=O)c(OS(=O)(=O)C(F)(F)F)c1. The van der Waals surface area contributed by atoms with E-state index in [0.29, 0.717) is 5.56 Å². The summed E-state index contributed by atoms with van der Waals surface area (Å²) in [6.45, 7) is 1.45. The highest BCUT2D eigenvalue weighted by atomic mass is 35.5. The van der Waals surface area contributed by atoms with Crippen LogP contribution in [0.1, 0.15) is 15.9 Å². The van der Waals surface area contributed by atoms with E-state index in [2.05, 4.69) is 4.18 Å². The molecule has 0 heterocycles. The average Bonchev–Trinajstić information content (AvgIpc) is 2.14. The summed E-state index contributed by atoms with van der Waals surface area (Å²) in [7, 11) is -5.83. The summed E-state index contributed by atoms with van der Waals surface area (Å²) < 4.78 is 61.9. The number of halogens is 4. The Labute approximate surface area is 105 Å². The lowest BCUT2D eigenvalue weighted by atomic mass is 10.1.